The molecule has 1 aromatic carbocycles. The van der Waals surface area contributed by atoms with Crippen molar-refractivity contribution in [3.05, 3.63) is 53.9 Å². The SMILES string of the molecule is NCc1ccnc(N(Cc2ccccc2)C2CC2)n1. The highest BCUT2D eigenvalue weighted by Gasteiger charge is 2.30. The van der Waals surface area contributed by atoms with E-state index >= 15 is 0 Å². The van der Waals surface area contributed by atoms with Crippen LogP contribution in [0.3, 0.4) is 0 Å². The zero-order chi connectivity index (χ0) is 13.1. The van der Waals surface area contributed by atoms with Gasteiger partial charge in [-0.15, -0.1) is 0 Å². The van der Waals surface area contributed by atoms with Crippen LogP contribution in [0.1, 0.15) is 24.1 Å². The maximum absolute atomic E-state index is 5.65. The van der Waals surface area contributed by atoms with Gasteiger partial charge in [-0.1, -0.05) is 30.3 Å². The van der Waals surface area contributed by atoms with Gasteiger partial charge in [0.1, 0.15) is 0 Å². The number of nitrogens with two attached hydrogens (primary N) is 1. The molecule has 1 fully saturated rings. The Morgan fingerprint density at radius 2 is 1.95 bits per heavy atom. The molecule has 1 heterocycles. The summed E-state index contributed by atoms with van der Waals surface area (Å²) in [6.45, 7) is 1.32. The summed E-state index contributed by atoms with van der Waals surface area (Å²) in [5.74, 6) is 0.800. The molecule has 2 aromatic rings. The van der Waals surface area contributed by atoms with Crippen molar-refractivity contribution in [1.29, 1.82) is 0 Å². The van der Waals surface area contributed by atoms with Crippen molar-refractivity contribution in [3.8, 4) is 0 Å². The van der Waals surface area contributed by atoms with E-state index in [1.165, 1.54) is 18.4 Å². The average Bonchev–Trinajstić information content (AvgIpc) is 3.30. The van der Waals surface area contributed by atoms with E-state index < -0.39 is 0 Å². The van der Waals surface area contributed by atoms with E-state index in [9.17, 15) is 0 Å². The number of rotatable bonds is 5. The highest BCUT2D eigenvalue weighted by Crippen LogP contribution is 2.31. The Bertz CT molecular complexity index is 537. The molecule has 1 aliphatic rings. The first-order valence-corrected chi connectivity index (χ1v) is 6.69. The average molecular weight is 254 g/mol. The van der Waals surface area contributed by atoms with Crippen molar-refractivity contribution in [2.75, 3.05) is 4.90 Å². The zero-order valence-electron chi connectivity index (χ0n) is 10.9. The van der Waals surface area contributed by atoms with Gasteiger partial charge in [0, 0.05) is 25.3 Å². The van der Waals surface area contributed by atoms with E-state index in [0.717, 1.165) is 18.2 Å². The summed E-state index contributed by atoms with van der Waals surface area (Å²) in [7, 11) is 0. The predicted molar refractivity (Wildman–Crippen MR) is 75.6 cm³/mol. The summed E-state index contributed by atoms with van der Waals surface area (Å²) in [6, 6.07) is 12.9. The van der Waals surface area contributed by atoms with E-state index in [4.69, 9.17) is 5.73 Å². The van der Waals surface area contributed by atoms with Crippen LogP contribution in [0.4, 0.5) is 5.95 Å². The lowest BCUT2D eigenvalue weighted by atomic mass is 10.2. The highest BCUT2D eigenvalue weighted by molar-refractivity contribution is 5.36. The molecule has 19 heavy (non-hydrogen) atoms. The van der Waals surface area contributed by atoms with E-state index in [0.29, 0.717) is 12.6 Å². The summed E-state index contributed by atoms with van der Waals surface area (Å²) in [4.78, 5) is 11.2. The van der Waals surface area contributed by atoms with Gasteiger partial charge in [-0.2, -0.15) is 0 Å². The Morgan fingerprint density at radius 1 is 1.16 bits per heavy atom. The van der Waals surface area contributed by atoms with Gasteiger partial charge in [-0.25, -0.2) is 9.97 Å². The summed E-state index contributed by atoms with van der Waals surface area (Å²) in [5.41, 5.74) is 7.83. The van der Waals surface area contributed by atoms with Crippen molar-refractivity contribution in [2.45, 2.75) is 32.0 Å². The third-order valence-electron chi connectivity index (χ3n) is 3.35. The van der Waals surface area contributed by atoms with Gasteiger partial charge in [0.25, 0.3) is 0 Å². The number of benzene rings is 1. The minimum Gasteiger partial charge on any atom is -0.334 e. The van der Waals surface area contributed by atoms with E-state index in [1.807, 2.05) is 12.1 Å². The molecule has 4 heteroatoms. The first kappa shape index (κ1) is 12.1. The smallest absolute Gasteiger partial charge is 0.226 e. The molecular formula is C15H18N4. The highest BCUT2D eigenvalue weighted by atomic mass is 15.3. The third kappa shape index (κ3) is 2.90. The Morgan fingerprint density at radius 3 is 2.63 bits per heavy atom. The number of nitrogens with zero attached hydrogens (tertiary/aromatic N) is 3. The van der Waals surface area contributed by atoms with Crippen LogP contribution >= 0.6 is 0 Å². The summed E-state index contributed by atoms with van der Waals surface area (Å²) in [6.07, 6.45) is 4.25. The quantitative estimate of drug-likeness (QED) is 0.887. The maximum Gasteiger partial charge on any atom is 0.226 e. The number of hydrogen-bond donors (Lipinski definition) is 1. The van der Waals surface area contributed by atoms with E-state index in [1.54, 1.807) is 6.20 Å². The van der Waals surface area contributed by atoms with Gasteiger partial charge in [0.2, 0.25) is 5.95 Å². The largest absolute Gasteiger partial charge is 0.334 e. The fraction of sp³-hybridized carbons (Fsp3) is 0.333. The monoisotopic (exact) mass is 254 g/mol. The third-order valence-corrected chi connectivity index (χ3v) is 3.35. The van der Waals surface area contributed by atoms with Crippen LogP contribution in [-0.4, -0.2) is 16.0 Å². The minimum atomic E-state index is 0.458. The van der Waals surface area contributed by atoms with Gasteiger partial charge in [-0.3, -0.25) is 0 Å². The van der Waals surface area contributed by atoms with Gasteiger partial charge in [0.15, 0.2) is 0 Å². The Labute approximate surface area is 113 Å². The molecule has 0 saturated heterocycles. The number of hydrogen-bond acceptors (Lipinski definition) is 4. The van der Waals surface area contributed by atoms with Crippen LogP contribution in [0.5, 0.6) is 0 Å². The van der Waals surface area contributed by atoms with Crippen molar-refractivity contribution >= 4 is 5.95 Å². The predicted octanol–water partition coefficient (Wildman–Crippen LogP) is 2.10. The van der Waals surface area contributed by atoms with Crippen LogP contribution in [0.15, 0.2) is 42.6 Å². The summed E-state index contributed by atoms with van der Waals surface area (Å²) >= 11 is 0. The van der Waals surface area contributed by atoms with Gasteiger partial charge >= 0.3 is 0 Å². The van der Waals surface area contributed by atoms with Crippen LogP contribution in [0.2, 0.25) is 0 Å². The molecule has 0 amide bonds. The minimum absolute atomic E-state index is 0.458. The Balaban J connectivity index is 1.84. The summed E-state index contributed by atoms with van der Waals surface area (Å²) in [5, 5.41) is 0. The van der Waals surface area contributed by atoms with Crippen LogP contribution < -0.4 is 10.6 Å². The van der Waals surface area contributed by atoms with Gasteiger partial charge in [-0.05, 0) is 24.5 Å². The molecule has 1 saturated carbocycles. The lowest BCUT2D eigenvalue weighted by molar-refractivity contribution is 0.751. The number of anilines is 1. The second-order valence-corrected chi connectivity index (χ2v) is 4.90. The molecule has 2 N–H and O–H groups in total. The zero-order valence-corrected chi connectivity index (χ0v) is 10.9. The molecule has 0 spiro atoms. The molecule has 0 aliphatic heterocycles. The Kier molecular flexibility index (Phi) is 3.42. The summed E-state index contributed by atoms with van der Waals surface area (Å²) < 4.78 is 0. The van der Waals surface area contributed by atoms with E-state index in [2.05, 4.69) is 39.1 Å². The molecule has 0 radical (unpaired) electrons. The van der Waals surface area contributed by atoms with Crippen LogP contribution in [0, 0.1) is 0 Å². The molecule has 0 unspecified atom stereocenters. The molecular weight excluding hydrogens is 236 g/mol. The van der Waals surface area contributed by atoms with Crippen molar-refractivity contribution < 1.29 is 0 Å². The van der Waals surface area contributed by atoms with Crippen molar-refractivity contribution in [3.63, 3.8) is 0 Å². The molecule has 0 atom stereocenters. The standard InChI is InChI=1S/C15H18N4/c16-10-13-8-9-17-15(18-13)19(14-6-7-14)11-12-4-2-1-3-5-12/h1-5,8-9,14H,6-7,10-11,16H2. The lowest BCUT2D eigenvalue weighted by Gasteiger charge is -2.22. The van der Waals surface area contributed by atoms with Gasteiger partial charge in [0.05, 0.1) is 5.69 Å². The maximum atomic E-state index is 5.65. The fourth-order valence-corrected chi connectivity index (χ4v) is 2.17. The molecule has 4 nitrogen and oxygen atoms in total. The first-order valence-electron chi connectivity index (χ1n) is 6.69. The van der Waals surface area contributed by atoms with Crippen molar-refractivity contribution in [1.82, 2.24) is 9.97 Å². The Hall–Kier alpha value is -1.94. The number of aromatic nitrogens is 2. The van der Waals surface area contributed by atoms with Crippen molar-refractivity contribution in [2.24, 2.45) is 5.73 Å². The van der Waals surface area contributed by atoms with E-state index in [-0.39, 0.29) is 0 Å². The molecule has 3 rings (SSSR count). The fourth-order valence-electron chi connectivity index (χ4n) is 2.17. The second kappa shape index (κ2) is 5.36. The van der Waals surface area contributed by atoms with Gasteiger partial charge < -0.3 is 10.6 Å². The van der Waals surface area contributed by atoms with Crippen LogP contribution in [-0.2, 0) is 13.1 Å². The lowest BCUT2D eigenvalue weighted by Crippen LogP contribution is -2.27. The second-order valence-electron chi connectivity index (χ2n) is 4.90. The van der Waals surface area contributed by atoms with Crippen LogP contribution in [0.25, 0.3) is 0 Å². The molecule has 1 aliphatic carbocycles. The molecule has 1 aromatic heterocycles. The normalized spacial score (nSPS) is 14.4. The topological polar surface area (TPSA) is 55.0 Å². The molecule has 98 valence electrons. The first-order chi connectivity index (χ1) is 9.36. The molecule has 0 bridgehead atoms.